The number of nitrogens with one attached hydrogen (secondary N) is 2. The number of H-pyrrole nitrogens is 1. The van der Waals surface area contributed by atoms with Gasteiger partial charge in [0.15, 0.2) is 5.75 Å². The van der Waals surface area contributed by atoms with Crippen LogP contribution in [0.4, 0.5) is 4.79 Å². The van der Waals surface area contributed by atoms with Crippen molar-refractivity contribution in [3.05, 3.63) is 47.2 Å². The number of carbonyl (C=O) groups is 2. The van der Waals surface area contributed by atoms with Gasteiger partial charge < -0.3 is 30.2 Å². The van der Waals surface area contributed by atoms with Gasteiger partial charge in [0.2, 0.25) is 5.88 Å². The minimum atomic E-state index is -0.552. The van der Waals surface area contributed by atoms with Gasteiger partial charge in [-0.2, -0.15) is 0 Å². The molecule has 2 aromatic rings. The van der Waals surface area contributed by atoms with Gasteiger partial charge >= 0.3 is 6.09 Å². The number of hydrogen-bond acceptors (Lipinski definition) is 5. The third-order valence-corrected chi connectivity index (χ3v) is 5.24. The minimum absolute atomic E-state index is 0.141. The van der Waals surface area contributed by atoms with Crippen LogP contribution in [0.3, 0.4) is 0 Å². The maximum Gasteiger partial charge on any atom is 0.410 e. The Morgan fingerprint density at radius 2 is 1.77 bits per heavy atom. The summed E-state index contributed by atoms with van der Waals surface area (Å²) in [6.45, 7) is 6.39. The summed E-state index contributed by atoms with van der Waals surface area (Å²) in [6, 6.07) is 9.62. The third kappa shape index (κ3) is 5.93. The highest BCUT2D eigenvalue weighted by Crippen LogP contribution is 2.32. The van der Waals surface area contributed by atoms with E-state index in [0.717, 1.165) is 5.56 Å². The molecule has 0 saturated carbocycles. The fraction of sp³-hybridized carbons (Fsp3) is 0.478. The predicted molar refractivity (Wildman–Crippen MR) is 116 cm³/mol. The van der Waals surface area contributed by atoms with E-state index in [-0.39, 0.29) is 29.3 Å². The fourth-order valence-electron chi connectivity index (χ4n) is 3.63. The van der Waals surface area contributed by atoms with Crippen molar-refractivity contribution in [3.63, 3.8) is 0 Å². The second kappa shape index (κ2) is 9.32. The molecule has 3 rings (SSSR count). The lowest BCUT2D eigenvalue weighted by molar-refractivity contribution is 0.0199. The summed E-state index contributed by atoms with van der Waals surface area (Å²) in [4.78, 5) is 29.2. The van der Waals surface area contributed by atoms with E-state index in [1.54, 1.807) is 4.90 Å². The Kier molecular flexibility index (Phi) is 6.77. The Hall–Kier alpha value is -3.16. The highest BCUT2D eigenvalue weighted by Gasteiger charge is 2.29. The predicted octanol–water partition coefficient (Wildman–Crippen LogP) is 3.34. The molecule has 0 aliphatic carbocycles. The molecule has 168 valence electrons. The van der Waals surface area contributed by atoms with Gasteiger partial charge in [0.05, 0.1) is 5.69 Å². The van der Waals surface area contributed by atoms with Gasteiger partial charge in [0.25, 0.3) is 5.91 Å². The molecule has 1 saturated heterocycles. The zero-order valence-electron chi connectivity index (χ0n) is 18.3. The normalized spacial score (nSPS) is 15.0. The first kappa shape index (κ1) is 22.5. The lowest BCUT2D eigenvalue weighted by Crippen LogP contribution is -2.47. The number of aromatic amines is 1. The van der Waals surface area contributed by atoms with Crippen LogP contribution in [0, 0.1) is 0 Å². The van der Waals surface area contributed by atoms with Crippen molar-refractivity contribution in [2.75, 3.05) is 13.1 Å². The molecule has 0 atom stereocenters. The number of benzene rings is 1. The van der Waals surface area contributed by atoms with Crippen LogP contribution in [0.15, 0.2) is 30.3 Å². The molecule has 8 nitrogen and oxygen atoms in total. The van der Waals surface area contributed by atoms with Crippen LogP contribution >= 0.6 is 0 Å². The molecule has 2 amide bonds. The van der Waals surface area contributed by atoms with Crippen LogP contribution in [0.25, 0.3) is 0 Å². The van der Waals surface area contributed by atoms with Crippen molar-refractivity contribution >= 4 is 12.0 Å². The Balaban J connectivity index is 1.55. The lowest BCUT2D eigenvalue weighted by atomic mass is 10.0. The van der Waals surface area contributed by atoms with Crippen molar-refractivity contribution in [3.8, 4) is 11.6 Å². The summed E-state index contributed by atoms with van der Waals surface area (Å²) in [5.41, 5.74) is 0.826. The van der Waals surface area contributed by atoms with E-state index in [9.17, 15) is 19.8 Å². The Morgan fingerprint density at radius 3 is 2.39 bits per heavy atom. The zero-order valence-corrected chi connectivity index (χ0v) is 18.3. The molecule has 1 aromatic heterocycles. The minimum Gasteiger partial charge on any atom is -0.505 e. The van der Waals surface area contributed by atoms with Gasteiger partial charge in [-0.05, 0) is 52.0 Å². The van der Waals surface area contributed by atoms with E-state index in [1.807, 2.05) is 51.1 Å². The van der Waals surface area contributed by atoms with Crippen LogP contribution in [0.5, 0.6) is 11.6 Å². The number of nitrogens with zero attached hydrogens (tertiary/aromatic N) is 1. The first-order valence-corrected chi connectivity index (χ1v) is 10.6. The summed E-state index contributed by atoms with van der Waals surface area (Å²) in [5.74, 6) is -1.10. The van der Waals surface area contributed by atoms with E-state index >= 15 is 0 Å². The summed E-state index contributed by atoms with van der Waals surface area (Å²) in [7, 11) is 0. The highest BCUT2D eigenvalue weighted by molar-refractivity contribution is 5.99. The number of piperidine rings is 1. The summed E-state index contributed by atoms with van der Waals surface area (Å²) >= 11 is 0. The van der Waals surface area contributed by atoms with Crippen LogP contribution in [0.1, 0.15) is 55.2 Å². The molecular weight excluding hydrogens is 398 g/mol. The lowest BCUT2D eigenvalue weighted by Gasteiger charge is -2.33. The van der Waals surface area contributed by atoms with Crippen molar-refractivity contribution in [2.45, 2.75) is 58.1 Å². The molecule has 31 heavy (non-hydrogen) atoms. The molecule has 0 spiro atoms. The number of likely N-dealkylation sites (tertiary alicyclic amines) is 1. The monoisotopic (exact) mass is 429 g/mol. The second-order valence-corrected chi connectivity index (χ2v) is 8.88. The molecule has 8 heteroatoms. The van der Waals surface area contributed by atoms with Crippen LogP contribution in [-0.4, -0.2) is 56.8 Å². The van der Waals surface area contributed by atoms with Gasteiger partial charge in [-0.1, -0.05) is 30.3 Å². The standard InChI is InChI=1S/C23H31N3O5/c1-23(2,3)31-22(30)26-13-11-16(12-14-26)24-20(28)18-19(27)17(25-21(18)29)10-9-15-7-5-4-6-8-15/h4-8,16,25,27,29H,9-14H2,1-3H3,(H,24,28). The first-order chi connectivity index (χ1) is 14.6. The molecule has 1 fully saturated rings. The number of hydrogen-bond donors (Lipinski definition) is 4. The van der Waals surface area contributed by atoms with Crippen LogP contribution < -0.4 is 5.32 Å². The average Bonchev–Trinajstić information content (AvgIpc) is 2.99. The molecule has 2 heterocycles. The van der Waals surface area contributed by atoms with E-state index in [4.69, 9.17) is 4.74 Å². The number of rotatable bonds is 5. The van der Waals surface area contributed by atoms with Crippen molar-refractivity contribution in [1.82, 2.24) is 15.2 Å². The van der Waals surface area contributed by atoms with Gasteiger partial charge in [-0.25, -0.2) is 4.79 Å². The van der Waals surface area contributed by atoms with E-state index in [0.29, 0.717) is 44.5 Å². The van der Waals surface area contributed by atoms with E-state index in [2.05, 4.69) is 10.3 Å². The third-order valence-electron chi connectivity index (χ3n) is 5.24. The van der Waals surface area contributed by atoms with Gasteiger partial charge in [-0.15, -0.1) is 0 Å². The summed E-state index contributed by atoms with van der Waals surface area (Å²) < 4.78 is 5.38. The molecule has 0 radical (unpaired) electrons. The molecule has 0 bridgehead atoms. The van der Waals surface area contributed by atoms with Gasteiger partial charge in [0.1, 0.15) is 11.2 Å². The van der Waals surface area contributed by atoms with Gasteiger partial charge in [0, 0.05) is 19.1 Å². The summed E-state index contributed by atoms with van der Waals surface area (Å²) in [6.07, 6.45) is 1.90. The Labute approximate surface area is 182 Å². The SMILES string of the molecule is CC(C)(C)OC(=O)N1CCC(NC(=O)c2c(O)[nH]c(CCc3ccccc3)c2O)CC1. The Bertz CT molecular complexity index is 909. The van der Waals surface area contributed by atoms with Crippen molar-refractivity contribution in [1.29, 1.82) is 0 Å². The van der Waals surface area contributed by atoms with Crippen molar-refractivity contribution in [2.24, 2.45) is 0 Å². The molecule has 1 aliphatic rings. The van der Waals surface area contributed by atoms with Crippen LogP contribution in [0.2, 0.25) is 0 Å². The highest BCUT2D eigenvalue weighted by atomic mass is 16.6. The smallest absolute Gasteiger partial charge is 0.410 e. The molecular formula is C23H31N3O5. The second-order valence-electron chi connectivity index (χ2n) is 8.88. The number of aromatic nitrogens is 1. The number of amides is 2. The summed E-state index contributed by atoms with van der Waals surface area (Å²) in [5, 5.41) is 23.5. The number of aryl methyl sites for hydroxylation is 2. The van der Waals surface area contributed by atoms with Gasteiger partial charge in [-0.3, -0.25) is 4.79 Å². The average molecular weight is 430 g/mol. The number of carbonyl (C=O) groups excluding carboxylic acids is 2. The topological polar surface area (TPSA) is 115 Å². The first-order valence-electron chi connectivity index (χ1n) is 10.6. The molecule has 4 N–H and O–H groups in total. The largest absolute Gasteiger partial charge is 0.505 e. The van der Waals surface area contributed by atoms with E-state index < -0.39 is 11.5 Å². The van der Waals surface area contributed by atoms with E-state index in [1.165, 1.54) is 0 Å². The number of ether oxygens (including phenoxy) is 1. The maximum absolute atomic E-state index is 12.7. The zero-order chi connectivity index (χ0) is 22.6. The number of aromatic hydroxyl groups is 2. The maximum atomic E-state index is 12.7. The molecule has 1 aliphatic heterocycles. The quantitative estimate of drug-likeness (QED) is 0.582. The van der Waals surface area contributed by atoms with Crippen LogP contribution in [-0.2, 0) is 17.6 Å². The molecule has 1 aromatic carbocycles. The fourth-order valence-corrected chi connectivity index (χ4v) is 3.63. The van der Waals surface area contributed by atoms with Crippen molar-refractivity contribution < 1.29 is 24.5 Å². The Morgan fingerprint density at radius 1 is 1.13 bits per heavy atom. The molecule has 0 unspecified atom stereocenters.